The van der Waals surface area contributed by atoms with Crippen LogP contribution in [-0.4, -0.2) is 24.0 Å². The molecule has 0 aliphatic rings. The highest BCUT2D eigenvalue weighted by Crippen LogP contribution is 2.32. The van der Waals surface area contributed by atoms with Gasteiger partial charge in [0.25, 0.3) is 0 Å². The number of hydrogen-bond donors (Lipinski definition) is 1. The third-order valence-corrected chi connectivity index (χ3v) is 4.01. The van der Waals surface area contributed by atoms with Crippen LogP contribution in [0.4, 0.5) is 0 Å². The van der Waals surface area contributed by atoms with E-state index in [1.807, 2.05) is 19.1 Å². The van der Waals surface area contributed by atoms with Gasteiger partial charge in [-0.25, -0.2) is 0 Å². The van der Waals surface area contributed by atoms with Gasteiger partial charge in [-0.2, -0.15) is 10.5 Å². The van der Waals surface area contributed by atoms with Crippen LogP contribution in [0.2, 0.25) is 4.34 Å². The standard InChI is InChI=1S/C12H15ClN4S/c1-2-9(16)12(10-3-4-11(13)18-10)17(7-5-14)8-6-15/h3-4,9,12H,2,7-8,16H2,1H3. The van der Waals surface area contributed by atoms with Gasteiger partial charge in [0.05, 0.1) is 35.6 Å². The summed E-state index contributed by atoms with van der Waals surface area (Å²) in [7, 11) is 0. The lowest BCUT2D eigenvalue weighted by atomic mass is 10.0. The fraction of sp³-hybridized carbons (Fsp3) is 0.500. The van der Waals surface area contributed by atoms with Gasteiger partial charge in [-0.15, -0.1) is 11.3 Å². The Balaban J connectivity index is 3.03. The van der Waals surface area contributed by atoms with Crippen molar-refractivity contribution in [3.8, 4) is 12.1 Å². The second kappa shape index (κ2) is 7.35. The number of thiophene rings is 1. The highest BCUT2D eigenvalue weighted by Gasteiger charge is 2.26. The molecule has 4 nitrogen and oxygen atoms in total. The Kier molecular flexibility index (Phi) is 6.11. The first-order valence-corrected chi connectivity index (χ1v) is 6.82. The molecule has 0 aromatic carbocycles. The number of nitrogens with two attached hydrogens (primary N) is 1. The average molecular weight is 283 g/mol. The van der Waals surface area contributed by atoms with Gasteiger partial charge in [0.1, 0.15) is 0 Å². The van der Waals surface area contributed by atoms with Crippen molar-refractivity contribution in [2.24, 2.45) is 5.73 Å². The summed E-state index contributed by atoms with van der Waals surface area (Å²) in [5.74, 6) is 0. The molecule has 0 saturated carbocycles. The molecule has 0 aliphatic heterocycles. The monoisotopic (exact) mass is 282 g/mol. The van der Waals surface area contributed by atoms with Gasteiger partial charge in [0, 0.05) is 10.9 Å². The Hall–Kier alpha value is -1.11. The SMILES string of the molecule is CCC(N)C(c1ccc(Cl)s1)N(CC#N)CC#N. The van der Waals surface area contributed by atoms with E-state index in [1.54, 1.807) is 4.90 Å². The fourth-order valence-corrected chi connectivity index (χ4v) is 3.08. The first-order chi connectivity index (χ1) is 8.63. The zero-order chi connectivity index (χ0) is 13.5. The van der Waals surface area contributed by atoms with Crippen molar-refractivity contribution in [2.75, 3.05) is 13.1 Å². The molecule has 96 valence electrons. The molecule has 6 heteroatoms. The maximum atomic E-state index is 8.85. The van der Waals surface area contributed by atoms with E-state index in [9.17, 15) is 0 Å². The van der Waals surface area contributed by atoms with Crippen LogP contribution in [0.1, 0.15) is 24.3 Å². The van der Waals surface area contributed by atoms with Crippen molar-refractivity contribution in [3.05, 3.63) is 21.3 Å². The lowest BCUT2D eigenvalue weighted by Crippen LogP contribution is -2.41. The number of hydrogen-bond acceptors (Lipinski definition) is 5. The van der Waals surface area contributed by atoms with Gasteiger partial charge in [0.2, 0.25) is 0 Å². The van der Waals surface area contributed by atoms with E-state index in [2.05, 4.69) is 12.1 Å². The smallest absolute Gasteiger partial charge is 0.0931 e. The van der Waals surface area contributed by atoms with Gasteiger partial charge < -0.3 is 5.73 Å². The number of nitriles is 2. The highest BCUT2D eigenvalue weighted by atomic mass is 35.5. The summed E-state index contributed by atoms with van der Waals surface area (Å²) in [5.41, 5.74) is 6.12. The Morgan fingerprint density at radius 2 is 2.00 bits per heavy atom. The summed E-state index contributed by atoms with van der Waals surface area (Å²) in [6, 6.07) is 7.63. The molecule has 18 heavy (non-hydrogen) atoms. The van der Waals surface area contributed by atoms with Crippen molar-refractivity contribution >= 4 is 22.9 Å². The molecule has 0 bridgehead atoms. The van der Waals surface area contributed by atoms with E-state index in [-0.39, 0.29) is 25.2 Å². The third-order valence-electron chi connectivity index (χ3n) is 2.70. The lowest BCUT2D eigenvalue weighted by molar-refractivity contribution is 0.215. The molecule has 0 saturated heterocycles. The van der Waals surface area contributed by atoms with Gasteiger partial charge in [0.15, 0.2) is 0 Å². The Morgan fingerprint density at radius 3 is 2.39 bits per heavy atom. The number of rotatable bonds is 6. The molecule has 1 rings (SSSR count). The van der Waals surface area contributed by atoms with Crippen LogP contribution in [0, 0.1) is 22.7 Å². The largest absolute Gasteiger partial charge is 0.326 e. The normalized spacial score (nSPS) is 13.9. The summed E-state index contributed by atoms with van der Waals surface area (Å²) in [6.45, 7) is 2.35. The van der Waals surface area contributed by atoms with Crippen molar-refractivity contribution in [1.29, 1.82) is 10.5 Å². The summed E-state index contributed by atoms with van der Waals surface area (Å²) >= 11 is 7.38. The Bertz CT molecular complexity index is 443. The maximum Gasteiger partial charge on any atom is 0.0931 e. The van der Waals surface area contributed by atoms with Crippen LogP contribution >= 0.6 is 22.9 Å². The molecule has 1 aromatic heterocycles. The van der Waals surface area contributed by atoms with Crippen LogP contribution in [0.3, 0.4) is 0 Å². The quantitative estimate of drug-likeness (QED) is 0.814. The summed E-state index contributed by atoms with van der Waals surface area (Å²) in [5, 5.41) is 17.7. The fourth-order valence-electron chi connectivity index (χ4n) is 1.81. The molecular weight excluding hydrogens is 268 g/mol. The predicted octanol–water partition coefficient (Wildman–Crippen LogP) is 2.53. The summed E-state index contributed by atoms with van der Waals surface area (Å²) < 4.78 is 0.687. The minimum atomic E-state index is -0.133. The minimum absolute atomic E-state index is 0.124. The van der Waals surface area contributed by atoms with E-state index in [1.165, 1.54) is 11.3 Å². The summed E-state index contributed by atoms with van der Waals surface area (Å²) in [6.07, 6.45) is 0.771. The molecule has 1 heterocycles. The molecule has 0 radical (unpaired) electrons. The van der Waals surface area contributed by atoms with Crippen LogP contribution in [0.15, 0.2) is 12.1 Å². The predicted molar refractivity (Wildman–Crippen MR) is 73.1 cm³/mol. The zero-order valence-electron chi connectivity index (χ0n) is 10.1. The van der Waals surface area contributed by atoms with Crippen molar-refractivity contribution in [3.63, 3.8) is 0 Å². The summed E-state index contributed by atoms with van der Waals surface area (Å²) in [4.78, 5) is 2.79. The topological polar surface area (TPSA) is 76.8 Å². The van der Waals surface area contributed by atoms with E-state index in [0.717, 1.165) is 11.3 Å². The second-order valence-electron chi connectivity index (χ2n) is 3.88. The van der Waals surface area contributed by atoms with E-state index < -0.39 is 0 Å². The Morgan fingerprint density at radius 1 is 1.39 bits per heavy atom. The van der Waals surface area contributed by atoms with Crippen LogP contribution in [0.25, 0.3) is 0 Å². The molecule has 1 aromatic rings. The molecular formula is C12H15ClN4S. The Labute approximate surface area is 116 Å². The van der Waals surface area contributed by atoms with Gasteiger partial charge in [-0.05, 0) is 18.6 Å². The van der Waals surface area contributed by atoms with Crippen LogP contribution in [-0.2, 0) is 0 Å². The van der Waals surface area contributed by atoms with Gasteiger partial charge in [-0.1, -0.05) is 18.5 Å². The highest BCUT2D eigenvalue weighted by molar-refractivity contribution is 7.16. The second-order valence-corrected chi connectivity index (χ2v) is 5.63. The van der Waals surface area contributed by atoms with E-state index in [4.69, 9.17) is 27.9 Å². The first kappa shape index (κ1) is 14.9. The third kappa shape index (κ3) is 3.69. The zero-order valence-corrected chi connectivity index (χ0v) is 11.7. The molecule has 0 aliphatic carbocycles. The molecule has 2 unspecified atom stereocenters. The van der Waals surface area contributed by atoms with Gasteiger partial charge >= 0.3 is 0 Å². The maximum absolute atomic E-state index is 8.85. The first-order valence-electron chi connectivity index (χ1n) is 5.62. The molecule has 0 amide bonds. The van der Waals surface area contributed by atoms with Crippen molar-refractivity contribution < 1.29 is 0 Å². The van der Waals surface area contributed by atoms with Crippen molar-refractivity contribution in [1.82, 2.24) is 4.90 Å². The molecule has 0 fully saturated rings. The molecule has 2 atom stereocenters. The molecule has 2 N–H and O–H groups in total. The van der Waals surface area contributed by atoms with E-state index >= 15 is 0 Å². The van der Waals surface area contributed by atoms with Crippen LogP contribution < -0.4 is 5.73 Å². The van der Waals surface area contributed by atoms with Gasteiger partial charge in [-0.3, -0.25) is 4.90 Å². The van der Waals surface area contributed by atoms with E-state index in [0.29, 0.717) is 4.34 Å². The van der Waals surface area contributed by atoms with Crippen LogP contribution in [0.5, 0.6) is 0 Å². The average Bonchev–Trinajstić information content (AvgIpc) is 2.76. The number of nitrogens with zero attached hydrogens (tertiary/aromatic N) is 3. The lowest BCUT2D eigenvalue weighted by Gasteiger charge is -2.31. The minimum Gasteiger partial charge on any atom is -0.326 e. The number of halogens is 1. The molecule has 0 spiro atoms. The van der Waals surface area contributed by atoms with Crippen molar-refractivity contribution in [2.45, 2.75) is 25.4 Å².